The fourth-order valence-corrected chi connectivity index (χ4v) is 1.90. The standard InChI is InChI=1S/C16H18N2O/c1-12(10-14-5-8-16(17)18-11-14)9-13-3-6-15(19-2)7-4-13/h3-8,10-11H,9H2,1-2H3,(H2,17,18). The molecular weight excluding hydrogens is 236 g/mol. The van der Waals surface area contributed by atoms with Crippen LogP contribution in [0.3, 0.4) is 0 Å². The average molecular weight is 254 g/mol. The summed E-state index contributed by atoms with van der Waals surface area (Å²) in [6, 6.07) is 11.9. The zero-order chi connectivity index (χ0) is 13.7. The summed E-state index contributed by atoms with van der Waals surface area (Å²) in [5.41, 5.74) is 9.17. The van der Waals surface area contributed by atoms with Gasteiger partial charge in [0.15, 0.2) is 0 Å². The van der Waals surface area contributed by atoms with Crippen LogP contribution < -0.4 is 10.5 Å². The molecule has 0 saturated heterocycles. The van der Waals surface area contributed by atoms with Crippen molar-refractivity contribution in [3.63, 3.8) is 0 Å². The Balaban J connectivity index is 2.06. The molecule has 2 rings (SSSR count). The number of anilines is 1. The maximum Gasteiger partial charge on any atom is 0.123 e. The summed E-state index contributed by atoms with van der Waals surface area (Å²) in [5, 5.41) is 0. The molecule has 0 spiro atoms. The fourth-order valence-electron chi connectivity index (χ4n) is 1.90. The Bertz CT molecular complexity index is 556. The molecule has 0 bridgehead atoms. The average Bonchev–Trinajstić information content (AvgIpc) is 2.42. The Kier molecular flexibility index (Phi) is 4.18. The second-order valence-electron chi connectivity index (χ2n) is 4.53. The quantitative estimate of drug-likeness (QED) is 0.910. The maximum absolute atomic E-state index is 5.56. The van der Waals surface area contributed by atoms with E-state index in [1.54, 1.807) is 13.3 Å². The highest BCUT2D eigenvalue weighted by atomic mass is 16.5. The van der Waals surface area contributed by atoms with Gasteiger partial charge in [-0.2, -0.15) is 0 Å². The highest BCUT2D eigenvalue weighted by Gasteiger charge is 1.97. The molecular formula is C16H18N2O. The predicted octanol–water partition coefficient (Wildman–Crippen LogP) is 3.32. The lowest BCUT2D eigenvalue weighted by Crippen LogP contribution is -1.90. The molecule has 0 aliphatic heterocycles. The van der Waals surface area contributed by atoms with Crippen molar-refractivity contribution in [3.05, 3.63) is 59.3 Å². The number of aromatic nitrogens is 1. The third kappa shape index (κ3) is 3.85. The number of allylic oxidation sites excluding steroid dienone is 1. The van der Waals surface area contributed by atoms with E-state index in [-0.39, 0.29) is 0 Å². The molecule has 19 heavy (non-hydrogen) atoms. The van der Waals surface area contributed by atoms with E-state index in [9.17, 15) is 0 Å². The first kappa shape index (κ1) is 13.1. The number of hydrogen-bond acceptors (Lipinski definition) is 3. The van der Waals surface area contributed by atoms with E-state index in [0.29, 0.717) is 5.82 Å². The zero-order valence-corrected chi connectivity index (χ0v) is 11.3. The van der Waals surface area contributed by atoms with E-state index < -0.39 is 0 Å². The van der Waals surface area contributed by atoms with E-state index in [1.807, 2.05) is 24.3 Å². The summed E-state index contributed by atoms with van der Waals surface area (Å²) in [6.45, 7) is 2.11. The van der Waals surface area contributed by atoms with Gasteiger partial charge in [0.1, 0.15) is 11.6 Å². The topological polar surface area (TPSA) is 48.1 Å². The number of rotatable bonds is 4. The van der Waals surface area contributed by atoms with E-state index in [1.165, 1.54) is 11.1 Å². The van der Waals surface area contributed by atoms with Crippen molar-refractivity contribution in [3.8, 4) is 5.75 Å². The number of methoxy groups -OCH3 is 1. The highest BCUT2D eigenvalue weighted by Crippen LogP contribution is 2.16. The molecule has 3 nitrogen and oxygen atoms in total. The van der Waals surface area contributed by atoms with Gasteiger partial charge >= 0.3 is 0 Å². The lowest BCUT2D eigenvalue weighted by molar-refractivity contribution is 0.414. The Morgan fingerprint density at radius 3 is 2.53 bits per heavy atom. The molecule has 3 heteroatoms. The maximum atomic E-state index is 5.56. The molecule has 0 aliphatic rings. The fraction of sp³-hybridized carbons (Fsp3) is 0.188. The zero-order valence-electron chi connectivity index (χ0n) is 11.3. The third-order valence-electron chi connectivity index (χ3n) is 2.86. The SMILES string of the molecule is COc1ccc(CC(C)=Cc2ccc(N)nc2)cc1. The van der Waals surface area contributed by atoms with Gasteiger partial charge in [0.2, 0.25) is 0 Å². The van der Waals surface area contributed by atoms with E-state index in [0.717, 1.165) is 17.7 Å². The van der Waals surface area contributed by atoms with Gasteiger partial charge < -0.3 is 10.5 Å². The molecule has 0 unspecified atom stereocenters. The van der Waals surface area contributed by atoms with Crippen molar-refractivity contribution in [2.75, 3.05) is 12.8 Å². The number of nitrogen functional groups attached to an aromatic ring is 1. The van der Waals surface area contributed by atoms with Crippen molar-refractivity contribution < 1.29 is 4.74 Å². The number of pyridine rings is 1. The molecule has 2 N–H and O–H groups in total. The summed E-state index contributed by atoms with van der Waals surface area (Å²) in [4.78, 5) is 4.08. The minimum atomic E-state index is 0.546. The number of ether oxygens (including phenoxy) is 1. The van der Waals surface area contributed by atoms with Crippen LogP contribution in [0.4, 0.5) is 5.82 Å². The lowest BCUT2D eigenvalue weighted by Gasteiger charge is -2.04. The van der Waals surface area contributed by atoms with Gasteiger partial charge in [0.05, 0.1) is 7.11 Å². The van der Waals surface area contributed by atoms with Crippen LogP contribution in [0.15, 0.2) is 48.2 Å². The second-order valence-corrected chi connectivity index (χ2v) is 4.53. The molecule has 1 aromatic heterocycles. The van der Waals surface area contributed by atoms with Crippen LogP contribution in [0, 0.1) is 0 Å². The van der Waals surface area contributed by atoms with Gasteiger partial charge in [-0.15, -0.1) is 0 Å². The van der Waals surface area contributed by atoms with Gasteiger partial charge in [-0.05, 0) is 48.7 Å². The Labute approximate surface area is 113 Å². The predicted molar refractivity (Wildman–Crippen MR) is 79.0 cm³/mol. The first-order chi connectivity index (χ1) is 9.17. The monoisotopic (exact) mass is 254 g/mol. The van der Waals surface area contributed by atoms with Crippen molar-refractivity contribution in [1.29, 1.82) is 0 Å². The molecule has 0 aliphatic carbocycles. The minimum Gasteiger partial charge on any atom is -0.497 e. The molecule has 0 atom stereocenters. The summed E-state index contributed by atoms with van der Waals surface area (Å²) in [7, 11) is 1.67. The van der Waals surface area contributed by atoms with Crippen molar-refractivity contribution >= 4 is 11.9 Å². The summed E-state index contributed by atoms with van der Waals surface area (Å²) >= 11 is 0. The van der Waals surface area contributed by atoms with Crippen LogP contribution in [0.25, 0.3) is 6.08 Å². The van der Waals surface area contributed by atoms with Gasteiger partial charge in [0.25, 0.3) is 0 Å². The largest absolute Gasteiger partial charge is 0.497 e. The minimum absolute atomic E-state index is 0.546. The van der Waals surface area contributed by atoms with E-state index in [2.05, 4.69) is 30.1 Å². The molecule has 1 aromatic carbocycles. The van der Waals surface area contributed by atoms with Crippen LogP contribution in [0.5, 0.6) is 5.75 Å². The molecule has 0 fully saturated rings. The van der Waals surface area contributed by atoms with Crippen molar-refractivity contribution in [2.24, 2.45) is 0 Å². The normalized spacial score (nSPS) is 11.4. The number of benzene rings is 1. The van der Waals surface area contributed by atoms with Crippen LogP contribution in [-0.4, -0.2) is 12.1 Å². The van der Waals surface area contributed by atoms with Crippen LogP contribution in [-0.2, 0) is 6.42 Å². The molecule has 98 valence electrons. The highest BCUT2D eigenvalue weighted by molar-refractivity contribution is 5.53. The first-order valence-electron chi connectivity index (χ1n) is 6.19. The smallest absolute Gasteiger partial charge is 0.123 e. The summed E-state index contributed by atoms with van der Waals surface area (Å²) in [5.74, 6) is 1.43. The molecule has 1 heterocycles. The molecule has 0 saturated carbocycles. The van der Waals surface area contributed by atoms with Crippen LogP contribution in [0.2, 0.25) is 0 Å². The number of hydrogen-bond donors (Lipinski definition) is 1. The third-order valence-corrected chi connectivity index (χ3v) is 2.86. The Hall–Kier alpha value is -2.29. The van der Waals surface area contributed by atoms with Gasteiger partial charge in [0, 0.05) is 6.20 Å². The van der Waals surface area contributed by atoms with E-state index in [4.69, 9.17) is 10.5 Å². The van der Waals surface area contributed by atoms with Crippen LogP contribution in [0.1, 0.15) is 18.1 Å². The lowest BCUT2D eigenvalue weighted by atomic mass is 10.0. The van der Waals surface area contributed by atoms with Gasteiger partial charge in [-0.1, -0.05) is 23.8 Å². The van der Waals surface area contributed by atoms with Gasteiger partial charge in [-0.25, -0.2) is 4.98 Å². The van der Waals surface area contributed by atoms with E-state index >= 15 is 0 Å². The first-order valence-corrected chi connectivity index (χ1v) is 6.19. The van der Waals surface area contributed by atoms with Gasteiger partial charge in [-0.3, -0.25) is 0 Å². The Morgan fingerprint density at radius 1 is 1.21 bits per heavy atom. The summed E-state index contributed by atoms with van der Waals surface area (Å²) < 4.78 is 5.15. The summed E-state index contributed by atoms with van der Waals surface area (Å²) in [6.07, 6.45) is 4.82. The number of nitrogens with two attached hydrogens (primary N) is 1. The second kappa shape index (κ2) is 6.05. The van der Waals surface area contributed by atoms with Crippen LogP contribution >= 0.6 is 0 Å². The molecule has 0 amide bonds. The molecule has 2 aromatic rings. The Morgan fingerprint density at radius 2 is 1.95 bits per heavy atom. The van der Waals surface area contributed by atoms with Crippen molar-refractivity contribution in [2.45, 2.75) is 13.3 Å². The van der Waals surface area contributed by atoms with Crippen molar-refractivity contribution in [1.82, 2.24) is 4.98 Å². The molecule has 0 radical (unpaired) electrons. The number of nitrogens with zero attached hydrogens (tertiary/aromatic N) is 1.